The van der Waals surface area contributed by atoms with Gasteiger partial charge in [-0.15, -0.1) is 11.3 Å². The molecule has 0 radical (unpaired) electrons. The molecule has 4 heteroatoms. The second kappa shape index (κ2) is 5.54. The van der Waals surface area contributed by atoms with Crippen LogP contribution in [0.5, 0.6) is 0 Å². The van der Waals surface area contributed by atoms with Crippen LogP contribution in [0.1, 0.15) is 51.3 Å². The summed E-state index contributed by atoms with van der Waals surface area (Å²) in [6.07, 6.45) is 3.79. The number of nitrogens with zero attached hydrogens (tertiary/aromatic N) is 1. The third-order valence-electron chi connectivity index (χ3n) is 4.80. The van der Waals surface area contributed by atoms with E-state index in [2.05, 4.69) is 44.7 Å². The topological polar surface area (TPSA) is 20.3 Å². The lowest BCUT2D eigenvalue weighted by Gasteiger charge is -2.45. The number of carbonyl (C=O) groups excluding carboxylic acids is 1. The number of carbonyl (C=O) groups is 1. The first-order valence-electron chi connectivity index (χ1n) is 7.84. The van der Waals surface area contributed by atoms with E-state index in [0.29, 0.717) is 12.2 Å². The largest absolute Gasteiger partial charge is 0.348 e. The molecular weight excluding hydrogens is 314 g/mol. The fourth-order valence-electron chi connectivity index (χ4n) is 3.73. The molecule has 2 aliphatic rings. The highest BCUT2D eigenvalue weighted by Gasteiger charge is 2.42. The highest BCUT2D eigenvalue weighted by atomic mass is 35.5. The molecule has 1 atom stereocenters. The van der Waals surface area contributed by atoms with Crippen molar-refractivity contribution in [2.45, 2.75) is 46.5 Å². The van der Waals surface area contributed by atoms with Gasteiger partial charge in [-0.3, -0.25) is 4.79 Å². The van der Waals surface area contributed by atoms with Gasteiger partial charge in [0.2, 0.25) is 0 Å². The van der Waals surface area contributed by atoms with Crippen molar-refractivity contribution in [1.29, 1.82) is 0 Å². The molecule has 22 heavy (non-hydrogen) atoms. The summed E-state index contributed by atoms with van der Waals surface area (Å²) < 4.78 is 0.781. The summed E-state index contributed by atoms with van der Waals surface area (Å²) in [5.41, 5.74) is 3.48. The van der Waals surface area contributed by atoms with Crippen molar-refractivity contribution in [1.82, 2.24) is 4.90 Å². The maximum Gasteiger partial charge on any atom is 0.161 e. The number of hydrogen-bond donors (Lipinski definition) is 0. The van der Waals surface area contributed by atoms with Crippen molar-refractivity contribution < 1.29 is 4.79 Å². The molecule has 0 saturated heterocycles. The average Bonchev–Trinajstić information content (AvgIpc) is 2.89. The van der Waals surface area contributed by atoms with Gasteiger partial charge in [0, 0.05) is 46.1 Å². The Labute approximate surface area is 141 Å². The summed E-state index contributed by atoms with van der Waals surface area (Å²) in [5, 5.41) is 0. The van der Waals surface area contributed by atoms with E-state index in [1.165, 1.54) is 16.3 Å². The fraction of sp³-hybridized carbons (Fsp3) is 0.500. The Kier molecular flexibility index (Phi) is 3.98. The molecule has 1 aromatic heterocycles. The SMILES string of the molecule is CCN1C(C)=CC(c2ccc(Cl)s2)C2=C1C(C)(C)CCC2=O. The lowest BCUT2D eigenvalue weighted by atomic mass is 9.70. The Morgan fingerprint density at radius 3 is 2.73 bits per heavy atom. The second-order valence-electron chi connectivity index (χ2n) is 6.74. The van der Waals surface area contributed by atoms with E-state index >= 15 is 0 Å². The maximum absolute atomic E-state index is 12.7. The molecule has 0 spiro atoms. The van der Waals surface area contributed by atoms with Crippen LogP contribution in [0.3, 0.4) is 0 Å². The van der Waals surface area contributed by atoms with Crippen LogP contribution in [0.4, 0.5) is 0 Å². The van der Waals surface area contributed by atoms with Crippen LogP contribution in [0, 0.1) is 5.41 Å². The van der Waals surface area contributed by atoms with Crippen molar-refractivity contribution in [3.63, 3.8) is 0 Å². The minimum absolute atomic E-state index is 0.0358. The van der Waals surface area contributed by atoms with Crippen LogP contribution in [-0.4, -0.2) is 17.2 Å². The number of thiophene rings is 1. The van der Waals surface area contributed by atoms with Gasteiger partial charge in [0.15, 0.2) is 5.78 Å². The van der Waals surface area contributed by atoms with Crippen LogP contribution in [0.2, 0.25) is 4.34 Å². The molecule has 1 aliphatic heterocycles. The van der Waals surface area contributed by atoms with Gasteiger partial charge >= 0.3 is 0 Å². The van der Waals surface area contributed by atoms with Gasteiger partial charge in [-0.1, -0.05) is 31.5 Å². The molecule has 1 aromatic rings. The molecule has 0 amide bonds. The Hall–Kier alpha value is -1.06. The predicted molar refractivity (Wildman–Crippen MR) is 93.3 cm³/mol. The van der Waals surface area contributed by atoms with Gasteiger partial charge in [0.05, 0.1) is 4.34 Å². The summed E-state index contributed by atoms with van der Waals surface area (Å²) >= 11 is 7.70. The van der Waals surface area contributed by atoms with E-state index in [0.717, 1.165) is 22.9 Å². The van der Waals surface area contributed by atoms with Crippen LogP contribution < -0.4 is 0 Å². The van der Waals surface area contributed by atoms with E-state index < -0.39 is 0 Å². The molecule has 0 fully saturated rings. The second-order valence-corrected chi connectivity index (χ2v) is 8.49. The normalized spacial score (nSPS) is 24.4. The van der Waals surface area contributed by atoms with Gasteiger partial charge in [-0.2, -0.15) is 0 Å². The van der Waals surface area contributed by atoms with Crippen molar-refractivity contribution in [2.75, 3.05) is 6.54 Å². The number of halogens is 1. The summed E-state index contributed by atoms with van der Waals surface area (Å²) in [6.45, 7) is 9.71. The number of rotatable bonds is 2. The Morgan fingerprint density at radius 2 is 2.14 bits per heavy atom. The average molecular weight is 336 g/mol. The molecule has 0 saturated carbocycles. The highest BCUT2D eigenvalue weighted by Crippen LogP contribution is 2.50. The quantitative estimate of drug-likeness (QED) is 0.724. The number of allylic oxidation sites excluding steroid dienone is 4. The van der Waals surface area contributed by atoms with Gasteiger partial charge in [0.25, 0.3) is 0 Å². The minimum atomic E-state index is 0.0358. The van der Waals surface area contributed by atoms with Gasteiger partial charge in [-0.05, 0) is 32.4 Å². The van der Waals surface area contributed by atoms with Crippen LogP contribution in [-0.2, 0) is 4.79 Å². The maximum atomic E-state index is 12.7. The zero-order valence-corrected chi connectivity index (χ0v) is 15.1. The molecule has 3 rings (SSSR count). The molecule has 2 heterocycles. The standard InChI is InChI=1S/C18H22ClNOS/c1-5-20-11(2)10-12(14-6-7-15(19)22-14)16-13(21)8-9-18(3,4)17(16)20/h6-7,10,12H,5,8-9H2,1-4H3. The third kappa shape index (κ3) is 2.44. The summed E-state index contributed by atoms with van der Waals surface area (Å²) in [6, 6.07) is 3.98. The van der Waals surface area contributed by atoms with E-state index in [4.69, 9.17) is 11.6 Å². The molecular formula is C18H22ClNOS. The zero-order chi connectivity index (χ0) is 16.1. The van der Waals surface area contributed by atoms with Gasteiger partial charge in [0.1, 0.15) is 0 Å². The summed E-state index contributed by atoms with van der Waals surface area (Å²) in [4.78, 5) is 16.2. The lowest BCUT2D eigenvalue weighted by molar-refractivity contribution is -0.117. The molecule has 118 valence electrons. The van der Waals surface area contributed by atoms with Crippen molar-refractivity contribution in [3.05, 3.63) is 44.4 Å². The summed E-state index contributed by atoms with van der Waals surface area (Å²) in [7, 11) is 0. The van der Waals surface area contributed by atoms with Crippen molar-refractivity contribution in [3.8, 4) is 0 Å². The highest BCUT2D eigenvalue weighted by molar-refractivity contribution is 7.16. The smallest absolute Gasteiger partial charge is 0.161 e. The van der Waals surface area contributed by atoms with Crippen LogP contribution in [0.15, 0.2) is 35.2 Å². The van der Waals surface area contributed by atoms with Crippen LogP contribution in [0.25, 0.3) is 0 Å². The number of ketones is 1. The Bertz CT molecular complexity index is 683. The fourth-order valence-corrected chi connectivity index (χ4v) is 4.87. The first-order valence-corrected chi connectivity index (χ1v) is 9.03. The van der Waals surface area contributed by atoms with Crippen molar-refractivity contribution >= 4 is 28.7 Å². The van der Waals surface area contributed by atoms with E-state index in [1.807, 2.05) is 6.07 Å². The first-order chi connectivity index (χ1) is 10.3. The number of hydrogen-bond acceptors (Lipinski definition) is 3. The van der Waals surface area contributed by atoms with Crippen molar-refractivity contribution in [2.24, 2.45) is 5.41 Å². The molecule has 1 aliphatic carbocycles. The third-order valence-corrected chi connectivity index (χ3v) is 6.12. The first kappa shape index (κ1) is 15.8. The Morgan fingerprint density at radius 1 is 1.41 bits per heavy atom. The monoisotopic (exact) mass is 335 g/mol. The molecule has 1 unspecified atom stereocenters. The van der Waals surface area contributed by atoms with E-state index in [9.17, 15) is 4.79 Å². The zero-order valence-electron chi connectivity index (χ0n) is 13.6. The molecule has 0 N–H and O–H groups in total. The number of Topliss-reactive ketones (excluding diaryl/α,β-unsaturated/α-hetero) is 1. The summed E-state index contributed by atoms with van der Waals surface area (Å²) in [5.74, 6) is 0.355. The van der Waals surface area contributed by atoms with E-state index in [-0.39, 0.29) is 11.3 Å². The Balaban J connectivity index is 2.21. The molecule has 2 nitrogen and oxygen atoms in total. The van der Waals surface area contributed by atoms with Gasteiger partial charge in [-0.25, -0.2) is 0 Å². The lowest BCUT2D eigenvalue weighted by Crippen LogP contribution is -2.40. The van der Waals surface area contributed by atoms with Crippen LogP contribution >= 0.6 is 22.9 Å². The minimum Gasteiger partial charge on any atom is -0.348 e. The van der Waals surface area contributed by atoms with E-state index in [1.54, 1.807) is 11.3 Å². The molecule has 0 aromatic carbocycles. The molecule has 0 bridgehead atoms. The van der Waals surface area contributed by atoms with Gasteiger partial charge < -0.3 is 4.90 Å². The predicted octanol–water partition coefficient (Wildman–Crippen LogP) is 5.37.